The van der Waals surface area contributed by atoms with Gasteiger partial charge in [0, 0.05) is 12.0 Å². The quantitative estimate of drug-likeness (QED) is 0.368. The van der Waals surface area contributed by atoms with Crippen LogP contribution in [0.25, 0.3) is 0 Å². The second kappa shape index (κ2) is 10.8. The Morgan fingerprint density at radius 2 is 1.32 bits per heavy atom. The van der Waals surface area contributed by atoms with E-state index in [-0.39, 0.29) is 5.78 Å². The Hall–Kier alpha value is -1.05. The van der Waals surface area contributed by atoms with Crippen molar-refractivity contribution >= 4 is 5.78 Å². The molecule has 0 aromatic carbocycles. The molecule has 0 heterocycles. The molecule has 0 bridgehead atoms. The number of carbonyl (C=O) groups is 1. The summed E-state index contributed by atoms with van der Waals surface area (Å²) in [6.07, 6.45) is 18.5. The molecular weight excluding hydrogens is 236 g/mol. The van der Waals surface area contributed by atoms with Crippen LogP contribution in [-0.2, 0) is 4.79 Å². The second-order valence-electron chi connectivity index (χ2n) is 5.45. The number of rotatable bonds is 0. The Bertz CT molecular complexity index is 302. The second-order valence-corrected chi connectivity index (χ2v) is 5.45. The highest BCUT2D eigenvalue weighted by atomic mass is 16.2. The van der Waals surface area contributed by atoms with Gasteiger partial charge in [0.05, 0.1) is 6.26 Å². The highest BCUT2D eigenvalue weighted by Crippen LogP contribution is 2.16. The number of carbonyl (C=O) groups excluding carboxylic acids is 1. The number of ketones is 1. The van der Waals surface area contributed by atoms with Gasteiger partial charge in [-0.3, -0.25) is 4.79 Å². The molecule has 0 radical (unpaired) electrons. The molecule has 108 valence electrons. The summed E-state index contributed by atoms with van der Waals surface area (Å²) in [6, 6.07) is 0. The van der Waals surface area contributed by atoms with Gasteiger partial charge in [0.25, 0.3) is 0 Å². The van der Waals surface area contributed by atoms with Crippen LogP contribution in [0.4, 0.5) is 0 Å². The van der Waals surface area contributed by atoms with Crippen molar-refractivity contribution < 1.29 is 9.90 Å². The van der Waals surface area contributed by atoms with E-state index in [1.165, 1.54) is 32.1 Å². The average molecular weight is 264 g/mol. The van der Waals surface area contributed by atoms with Crippen molar-refractivity contribution in [2.24, 2.45) is 0 Å². The molecule has 1 rings (SSSR count). The normalized spacial score (nSPS) is 25.3. The van der Waals surface area contributed by atoms with Crippen molar-refractivity contribution in [1.82, 2.24) is 0 Å². The number of allylic oxidation sites excluding steroid dienone is 3. The molecule has 2 heteroatoms. The van der Waals surface area contributed by atoms with Crippen molar-refractivity contribution in [2.75, 3.05) is 0 Å². The number of hydrogen-bond acceptors (Lipinski definition) is 2. The zero-order chi connectivity index (χ0) is 13.8. The SMILES string of the molecule is O=C1CCCCCCC/C=C/CCCCC/C1=C/O. The van der Waals surface area contributed by atoms with Crippen LogP contribution in [0.2, 0.25) is 0 Å². The Morgan fingerprint density at radius 1 is 0.789 bits per heavy atom. The standard InChI is InChI=1S/C17H28O2/c18-15-16-13-11-9-7-5-3-1-2-4-6-8-10-12-14-17(16)19/h1,3,15,18H,2,4-14H2/b3-1+,16-15-. The maximum absolute atomic E-state index is 11.9. The maximum Gasteiger partial charge on any atom is 0.161 e. The van der Waals surface area contributed by atoms with Gasteiger partial charge >= 0.3 is 0 Å². The third-order valence-corrected chi connectivity index (χ3v) is 3.77. The van der Waals surface area contributed by atoms with Crippen LogP contribution in [-0.4, -0.2) is 10.9 Å². The molecule has 0 aromatic heterocycles. The van der Waals surface area contributed by atoms with Gasteiger partial charge in [-0.25, -0.2) is 0 Å². The lowest BCUT2D eigenvalue weighted by molar-refractivity contribution is -0.116. The molecule has 1 aliphatic rings. The molecule has 0 atom stereocenters. The monoisotopic (exact) mass is 264 g/mol. The van der Waals surface area contributed by atoms with Gasteiger partial charge < -0.3 is 5.11 Å². The molecular formula is C17H28O2. The van der Waals surface area contributed by atoms with Crippen molar-refractivity contribution in [1.29, 1.82) is 0 Å². The van der Waals surface area contributed by atoms with E-state index in [1.54, 1.807) is 0 Å². The summed E-state index contributed by atoms with van der Waals surface area (Å²) < 4.78 is 0. The average Bonchev–Trinajstić information content (AvgIpc) is 2.42. The van der Waals surface area contributed by atoms with E-state index in [1.807, 2.05) is 0 Å². The van der Waals surface area contributed by atoms with Crippen LogP contribution in [0.5, 0.6) is 0 Å². The molecule has 0 aliphatic heterocycles. The maximum atomic E-state index is 11.9. The summed E-state index contributed by atoms with van der Waals surface area (Å²) in [5.74, 6) is 0.148. The third kappa shape index (κ3) is 7.86. The summed E-state index contributed by atoms with van der Waals surface area (Å²) >= 11 is 0. The van der Waals surface area contributed by atoms with E-state index in [9.17, 15) is 4.79 Å². The van der Waals surface area contributed by atoms with Gasteiger partial charge in [0.15, 0.2) is 5.78 Å². The van der Waals surface area contributed by atoms with Gasteiger partial charge in [0.2, 0.25) is 0 Å². The van der Waals surface area contributed by atoms with Gasteiger partial charge in [-0.1, -0.05) is 37.8 Å². The molecule has 0 saturated carbocycles. The topological polar surface area (TPSA) is 37.3 Å². The molecule has 0 unspecified atom stereocenters. The minimum atomic E-state index is 0.148. The fourth-order valence-corrected chi connectivity index (χ4v) is 2.50. The van der Waals surface area contributed by atoms with E-state index in [2.05, 4.69) is 12.2 Å². The first-order chi connectivity index (χ1) is 9.34. The van der Waals surface area contributed by atoms with Crippen LogP contribution >= 0.6 is 0 Å². The lowest BCUT2D eigenvalue weighted by Gasteiger charge is -2.06. The fraction of sp³-hybridized carbons (Fsp3) is 0.706. The molecule has 0 amide bonds. The minimum absolute atomic E-state index is 0.148. The van der Waals surface area contributed by atoms with Crippen molar-refractivity contribution in [3.8, 4) is 0 Å². The van der Waals surface area contributed by atoms with Gasteiger partial charge in [-0.05, 0) is 44.9 Å². The van der Waals surface area contributed by atoms with E-state index >= 15 is 0 Å². The van der Waals surface area contributed by atoms with E-state index < -0.39 is 0 Å². The molecule has 2 nitrogen and oxygen atoms in total. The summed E-state index contributed by atoms with van der Waals surface area (Å²) in [5, 5.41) is 9.15. The smallest absolute Gasteiger partial charge is 0.161 e. The highest BCUT2D eigenvalue weighted by Gasteiger charge is 2.09. The van der Waals surface area contributed by atoms with Gasteiger partial charge in [-0.2, -0.15) is 0 Å². The van der Waals surface area contributed by atoms with Crippen molar-refractivity contribution in [3.63, 3.8) is 0 Å². The Kier molecular flexibility index (Phi) is 9.13. The first-order valence-electron chi connectivity index (χ1n) is 7.86. The lowest BCUT2D eigenvalue weighted by Crippen LogP contribution is -2.03. The number of aliphatic hydroxyl groups is 1. The summed E-state index contributed by atoms with van der Waals surface area (Å²) in [5.41, 5.74) is 0.627. The Morgan fingerprint density at radius 3 is 2.00 bits per heavy atom. The van der Waals surface area contributed by atoms with E-state index in [0.29, 0.717) is 12.0 Å². The molecule has 0 saturated heterocycles. The minimum Gasteiger partial charge on any atom is -0.515 e. The van der Waals surface area contributed by atoms with Crippen LogP contribution in [0, 0.1) is 0 Å². The Labute approximate surface area is 117 Å². The lowest BCUT2D eigenvalue weighted by atomic mass is 9.99. The van der Waals surface area contributed by atoms with Crippen LogP contribution in [0.3, 0.4) is 0 Å². The third-order valence-electron chi connectivity index (χ3n) is 3.77. The zero-order valence-corrected chi connectivity index (χ0v) is 12.1. The van der Waals surface area contributed by atoms with Crippen molar-refractivity contribution in [3.05, 3.63) is 24.0 Å². The molecule has 1 aliphatic carbocycles. The molecule has 1 N–H and O–H groups in total. The van der Waals surface area contributed by atoms with E-state index in [4.69, 9.17) is 5.11 Å². The fourth-order valence-electron chi connectivity index (χ4n) is 2.50. The summed E-state index contributed by atoms with van der Waals surface area (Å²) in [4.78, 5) is 11.9. The van der Waals surface area contributed by atoms with Crippen LogP contribution < -0.4 is 0 Å². The Balaban J connectivity index is 2.39. The number of aliphatic hydroxyl groups excluding tert-OH is 1. The highest BCUT2D eigenvalue weighted by molar-refractivity contribution is 5.94. The first kappa shape index (κ1) is 16.0. The van der Waals surface area contributed by atoms with E-state index in [0.717, 1.165) is 44.8 Å². The summed E-state index contributed by atoms with van der Waals surface area (Å²) in [6.45, 7) is 0. The van der Waals surface area contributed by atoms with Crippen LogP contribution in [0.15, 0.2) is 24.0 Å². The van der Waals surface area contributed by atoms with Crippen molar-refractivity contribution in [2.45, 2.75) is 77.0 Å². The molecule has 0 fully saturated rings. The molecule has 0 spiro atoms. The number of Topliss-reactive ketones (excluding diaryl/α,β-unsaturated/α-hetero) is 1. The zero-order valence-electron chi connectivity index (χ0n) is 12.1. The first-order valence-corrected chi connectivity index (χ1v) is 7.86. The van der Waals surface area contributed by atoms with Gasteiger partial charge in [-0.15, -0.1) is 0 Å². The molecule has 19 heavy (non-hydrogen) atoms. The number of hydrogen-bond donors (Lipinski definition) is 1. The predicted octanol–water partition coefficient (Wildman–Crippen LogP) is 5.25. The largest absolute Gasteiger partial charge is 0.515 e. The predicted molar refractivity (Wildman–Crippen MR) is 80.3 cm³/mol. The van der Waals surface area contributed by atoms with Gasteiger partial charge in [0.1, 0.15) is 0 Å². The van der Waals surface area contributed by atoms with Crippen LogP contribution in [0.1, 0.15) is 77.0 Å². The molecule has 0 aromatic rings. The summed E-state index contributed by atoms with van der Waals surface area (Å²) in [7, 11) is 0.